The molecule has 0 aromatic heterocycles. The van der Waals surface area contributed by atoms with Crippen molar-refractivity contribution < 1.29 is 14.3 Å². The molecule has 5 rings (SSSR count). The molecular formula is C26H29NO3. The molecule has 1 heterocycles. The normalized spacial score (nSPS) is 27.8. The van der Waals surface area contributed by atoms with Crippen LogP contribution in [0.2, 0.25) is 0 Å². The minimum atomic E-state index is -0.256. The van der Waals surface area contributed by atoms with Crippen LogP contribution in [-0.4, -0.2) is 25.3 Å². The lowest BCUT2D eigenvalue weighted by atomic mass is 9.81. The molecule has 4 nitrogen and oxygen atoms in total. The van der Waals surface area contributed by atoms with Gasteiger partial charge in [0.05, 0.1) is 12.6 Å². The van der Waals surface area contributed by atoms with Crippen molar-refractivity contribution in [1.29, 1.82) is 0 Å². The highest BCUT2D eigenvalue weighted by atomic mass is 16.6. The molecule has 1 saturated heterocycles. The molecule has 1 spiro atoms. The van der Waals surface area contributed by atoms with E-state index in [0.717, 1.165) is 43.4 Å². The number of benzene rings is 2. The molecular weight excluding hydrogens is 374 g/mol. The highest BCUT2D eigenvalue weighted by Gasteiger charge is 2.46. The fraction of sp³-hybridized carbons (Fsp3) is 0.423. The van der Waals surface area contributed by atoms with Crippen LogP contribution in [0.25, 0.3) is 6.08 Å². The van der Waals surface area contributed by atoms with Crippen molar-refractivity contribution >= 4 is 12.2 Å². The monoisotopic (exact) mass is 403 g/mol. The molecule has 0 unspecified atom stereocenters. The highest BCUT2D eigenvalue weighted by Crippen LogP contribution is 2.43. The highest BCUT2D eigenvalue weighted by molar-refractivity contribution is 5.71. The molecule has 3 aliphatic rings. The quantitative estimate of drug-likeness (QED) is 0.757. The molecule has 1 aliphatic heterocycles. The largest absolute Gasteiger partial charge is 0.496 e. The van der Waals surface area contributed by atoms with E-state index in [-0.39, 0.29) is 11.6 Å². The molecule has 1 amide bonds. The number of amides is 1. The molecule has 2 aliphatic carbocycles. The zero-order valence-corrected chi connectivity index (χ0v) is 17.5. The van der Waals surface area contributed by atoms with Crippen molar-refractivity contribution in [3.63, 3.8) is 0 Å². The first-order valence-corrected chi connectivity index (χ1v) is 11.0. The lowest BCUT2D eigenvalue weighted by Gasteiger charge is -2.24. The van der Waals surface area contributed by atoms with Crippen molar-refractivity contribution in [1.82, 2.24) is 5.32 Å². The van der Waals surface area contributed by atoms with Gasteiger partial charge in [0.15, 0.2) is 0 Å². The standard InChI is InChI=1S/C26H29NO3/c1-29-24-5-3-2-4-19(24)8-6-18-7-9-21-15-22(11-10-20(21)14-18)23-12-13-26(16-23)17-30-25(28)27-26/h2-6,8,10-11,15,18,23H,7,9,12-14,16-17H2,1H3,(H,27,28)/t18-,23+,26-/m1/s1. The number of allylic oxidation sites excluding steroid dienone is 1. The maximum absolute atomic E-state index is 11.5. The smallest absolute Gasteiger partial charge is 0.407 e. The number of alkyl carbamates (subject to hydrolysis) is 1. The number of fused-ring (bicyclic) bond motifs is 1. The summed E-state index contributed by atoms with van der Waals surface area (Å²) in [7, 11) is 1.72. The number of aryl methyl sites for hydroxylation is 1. The van der Waals surface area contributed by atoms with Crippen molar-refractivity contribution in [3.05, 3.63) is 70.8 Å². The van der Waals surface area contributed by atoms with E-state index in [9.17, 15) is 4.79 Å². The molecule has 156 valence electrons. The van der Waals surface area contributed by atoms with E-state index in [1.54, 1.807) is 7.11 Å². The minimum Gasteiger partial charge on any atom is -0.496 e. The van der Waals surface area contributed by atoms with Gasteiger partial charge in [-0.3, -0.25) is 0 Å². The van der Waals surface area contributed by atoms with E-state index in [1.165, 1.54) is 23.1 Å². The average Bonchev–Trinajstić information content (AvgIpc) is 3.37. The summed E-state index contributed by atoms with van der Waals surface area (Å²) >= 11 is 0. The molecule has 30 heavy (non-hydrogen) atoms. The summed E-state index contributed by atoms with van der Waals surface area (Å²) in [4.78, 5) is 11.5. The number of ether oxygens (including phenoxy) is 2. The van der Waals surface area contributed by atoms with Crippen LogP contribution in [0.3, 0.4) is 0 Å². The number of para-hydroxylation sites is 1. The number of methoxy groups -OCH3 is 1. The summed E-state index contributed by atoms with van der Waals surface area (Å²) in [6.45, 7) is 0.521. The number of cyclic esters (lactones) is 1. The van der Waals surface area contributed by atoms with Crippen molar-refractivity contribution in [2.45, 2.75) is 50.0 Å². The van der Waals surface area contributed by atoms with Gasteiger partial charge in [0.1, 0.15) is 12.4 Å². The Morgan fingerprint density at radius 1 is 1.17 bits per heavy atom. The average molecular weight is 404 g/mol. The van der Waals surface area contributed by atoms with E-state index < -0.39 is 0 Å². The van der Waals surface area contributed by atoms with Crippen LogP contribution < -0.4 is 10.1 Å². The van der Waals surface area contributed by atoms with Gasteiger partial charge >= 0.3 is 6.09 Å². The van der Waals surface area contributed by atoms with Gasteiger partial charge in [0, 0.05) is 5.56 Å². The third-order valence-electron chi connectivity index (χ3n) is 7.11. The fourth-order valence-corrected chi connectivity index (χ4v) is 5.41. The van der Waals surface area contributed by atoms with Crippen molar-refractivity contribution in [2.24, 2.45) is 5.92 Å². The van der Waals surface area contributed by atoms with Gasteiger partial charge in [-0.25, -0.2) is 4.79 Å². The molecule has 2 aromatic rings. The van der Waals surface area contributed by atoms with E-state index in [2.05, 4.69) is 47.8 Å². The Bertz CT molecular complexity index is 982. The summed E-state index contributed by atoms with van der Waals surface area (Å²) in [6, 6.07) is 15.2. The lowest BCUT2D eigenvalue weighted by Crippen LogP contribution is -2.40. The number of hydrogen-bond acceptors (Lipinski definition) is 3. The maximum atomic E-state index is 11.5. The second-order valence-corrected chi connectivity index (χ2v) is 9.05. The van der Waals surface area contributed by atoms with Crippen LogP contribution in [0, 0.1) is 5.92 Å². The zero-order valence-electron chi connectivity index (χ0n) is 17.5. The topological polar surface area (TPSA) is 47.6 Å². The fourth-order valence-electron chi connectivity index (χ4n) is 5.41. The van der Waals surface area contributed by atoms with Crippen LogP contribution in [0.15, 0.2) is 48.5 Å². The van der Waals surface area contributed by atoms with Gasteiger partial charge in [-0.15, -0.1) is 0 Å². The van der Waals surface area contributed by atoms with E-state index in [1.807, 2.05) is 12.1 Å². The SMILES string of the molecule is COc1ccccc1C=C[C@@H]1CCc2cc([C@H]3CC[C@]4(COC(=O)N4)C3)ccc2C1. The van der Waals surface area contributed by atoms with Gasteiger partial charge in [-0.05, 0) is 73.1 Å². The number of nitrogens with one attached hydrogen (secondary N) is 1. The number of carbonyl (C=O) groups excluding carboxylic acids is 1. The van der Waals surface area contributed by atoms with Gasteiger partial charge in [0.2, 0.25) is 0 Å². The van der Waals surface area contributed by atoms with Crippen LogP contribution in [-0.2, 0) is 17.6 Å². The van der Waals surface area contributed by atoms with E-state index >= 15 is 0 Å². The molecule has 3 atom stereocenters. The summed E-state index contributed by atoms with van der Waals surface area (Å²) in [6.07, 6.45) is 10.8. The van der Waals surface area contributed by atoms with Gasteiger partial charge < -0.3 is 14.8 Å². The Morgan fingerprint density at radius 3 is 2.90 bits per heavy atom. The van der Waals surface area contributed by atoms with Gasteiger partial charge in [-0.1, -0.05) is 48.6 Å². The van der Waals surface area contributed by atoms with Crippen LogP contribution in [0.1, 0.15) is 53.9 Å². The predicted octanol–water partition coefficient (Wildman–Crippen LogP) is 5.26. The van der Waals surface area contributed by atoms with Crippen molar-refractivity contribution in [3.8, 4) is 5.75 Å². The first-order valence-electron chi connectivity index (χ1n) is 11.0. The Kier molecular flexibility index (Phi) is 5.01. The number of hydrogen-bond donors (Lipinski definition) is 1. The summed E-state index contributed by atoms with van der Waals surface area (Å²) in [5, 5.41) is 3.06. The molecule has 2 fully saturated rings. The molecule has 1 N–H and O–H groups in total. The Hall–Kier alpha value is -2.75. The van der Waals surface area contributed by atoms with Gasteiger partial charge in [0.25, 0.3) is 0 Å². The molecule has 1 saturated carbocycles. The second kappa shape index (κ2) is 7.82. The second-order valence-electron chi connectivity index (χ2n) is 9.05. The van der Waals surface area contributed by atoms with Gasteiger partial charge in [-0.2, -0.15) is 0 Å². The van der Waals surface area contributed by atoms with Crippen molar-refractivity contribution in [2.75, 3.05) is 13.7 Å². The van der Waals surface area contributed by atoms with Crippen LogP contribution in [0.5, 0.6) is 5.75 Å². The first-order chi connectivity index (χ1) is 14.6. The Morgan fingerprint density at radius 2 is 2.07 bits per heavy atom. The summed E-state index contributed by atoms with van der Waals surface area (Å²) < 4.78 is 10.6. The van der Waals surface area contributed by atoms with Crippen LogP contribution >= 0.6 is 0 Å². The third-order valence-corrected chi connectivity index (χ3v) is 7.11. The number of rotatable bonds is 4. The third kappa shape index (κ3) is 3.71. The van der Waals surface area contributed by atoms with Crippen LogP contribution in [0.4, 0.5) is 4.79 Å². The molecule has 0 bridgehead atoms. The predicted molar refractivity (Wildman–Crippen MR) is 118 cm³/mol. The number of carbonyl (C=O) groups is 1. The Labute approximate surface area is 178 Å². The molecule has 4 heteroatoms. The van der Waals surface area contributed by atoms with E-state index in [0.29, 0.717) is 18.4 Å². The van der Waals surface area contributed by atoms with E-state index in [4.69, 9.17) is 9.47 Å². The maximum Gasteiger partial charge on any atom is 0.407 e. The lowest BCUT2D eigenvalue weighted by molar-refractivity contribution is 0.172. The summed E-state index contributed by atoms with van der Waals surface area (Å²) in [5.41, 5.74) is 5.41. The molecule has 2 aromatic carbocycles. The Balaban J connectivity index is 1.26. The molecule has 0 radical (unpaired) electrons. The minimum absolute atomic E-state index is 0.133. The first kappa shape index (κ1) is 19.2. The summed E-state index contributed by atoms with van der Waals surface area (Å²) in [5.74, 6) is 2.00. The zero-order chi connectivity index (χ0) is 20.6.